The van der Waals surface area contributed by atoms with E-state index in [9.17, 15) is 0 Å². The lowest BCUT2D eigenvalue weighted by atomic mass is 10.2. The Kier molecular flexibility index (Phi) is 2.79. The minimum atomic E-state index is 0.111. The zero-order chi connectivity index (χ0) is 8.10. The van der Waals surface area contributed by atoms with Gasteiger partial charge in [-0.3, -0.25) is 4.99 Å². The van der Waals surface area contributed by atoms with E-state index in [-0.39, 0.29) is 6.04 Å². The summed E-state index contributed by atoms with van der Waals surface area (Å²) in [4.78, 5) is 4.17. The topological polar surface area (TPSA) is 36.4 Å². The van der Waals surface area contributed by atoms with E-state index in [2.05, 4.69) is 21.5 Å². The first kappa shape index (κ1) is 7.93. The molecule has 1 heterocycles. The molecule has 0 aliphatic carbocycles. The lowest BCUT2D eigenvalue weighted by molar-refractivity contribution is 0.710. The molecule has 3 heteroatoms. The summed E-state index contributed by atoms with van der Waals surface area (Å²) in [6.45, 7) is 3.82. The van der Waals surface area contributed by atoms with Crippen LogP contribution >= 0.6 is 0 Å². The van der Waals surface area contributed by atoms with Crippen molar-refractivity contribution in [2.45, 2.75) is 19.4 Å². The van der Waals surface area contributed by atoms with Crippen molar-refractivity contribution in [2.75, 3.05) is 13.1 Å². The van der Waals surface area contributed by atoms with Gasteiger partial charge in [0.1, 0.15) is 0 Å². The Balaban J connectivity index is 2.34. The molecular formula is C8H13N3. The van der Waals surface area contributed by atoms with Gasteiger partial charge in [0.25, 0.3) is 0 Å². The molecule has 3 nitrogen and oxygen atoms in total. The highest BCUT2D eigenvalue weighted by molar-refractivity contribution is 5.81. The maximum Gasteiger partial charge on any atom is 0.192 e. The average molecular weight is 151 g/mol. The number of aliphatic imine (C=N–C) groups is 1. The summed E-state index contributed by atoms with van der Waals surface area (Å²) in [6, 6.07) is 0.111. The van der Waals surface area contributed by atoms with E-state index in [4.69, 9.17) is 6.42 Å². The number of guanidine groups is 1. The van der Waals surface area contributed by atoms with Gasteiger partial charge in [-0.25, -0.2) is 0 Å². The molecule has 0 saturated carbocycles. The fourth-order valence-electron chi connectivity index (χ4n) is 0.921. The van der Waals surface area contributed by atoms with Crippen molar-refractivity contribution in [1.82, 2.24) is 10.6 Å². The Morgan fingerprint density at radius 3 is 3.18 bits per heavy atom. The van der Waals surface area contributed by atoms with E-state index in [1.54, 1.807) is 0 Å². The fourth-order valence-corrected chi connectivity index (χ4v) is 0.921. The van der Waals surface area contributed by atoms with Crippen molar-refractivity contribution < 1.29 is 0 Å². The molecule has 60 valence electrons. The molecule has 0 aromatic heterocycles. The third-order valence-electron chi connectivity index (χ3n) is 1.59. The second kappa shape index (κ2) is 3.87. The molecule has 0 fully saturated rings. The van der Waals surface area contributed by atoms with Crippen LogP contribution in [0.25, 0.3) is 0 Å². The SMILES string of the molecule is C#CC(CC)NC1=NCCN1. The van der Waals surface area contributed by atoms with Crippen molar-refractivity contribution in [3.63, 3.8) is 0 Å². The van der Waals surface area contributed by atoms with Gasteiger partial charge >= 0.3 is 0 Å². The highest BCUT2D eigenvalue weighted by Gasteiger charge is 2.07. The van der Waals surface area contributed by atoms with Crippen LogP contribution in [-0.2, 0) is 0 Å². The number of nitrogens with one attached hydrogen (secondary N) is 2. The third kappa shape index (κ3) is 2.15. The first-order valence-electron chi connectivity index (χ1n) is 3.87. The summed E-state index contributed by atoms with van der Waals surface area (Å²) in [5, 5.41) is 6.22. The van der Waals surface area contributed by atoms with Gasteiger partial charge < -0.3 is 10.6 Å². The molecule has 0 spiro atoms. The second-order valence-electron chi connectivity index (χ2n) is 2.43. The Morgan fingerprint density at radius 2 is 2.73 bits per heavy atom. The van der Waals surface area contributed by atoms with E-state index in [0.717, 1.165) is 25.5 Å². The smallest absolute Gasteiger partial charge is 0.192 e. The Morgan fingerprint density at radius 1 is 1.91 bits per heavy atom. The Bertz CT molecular complexity index is 190. The van der Waals surface area contributed by atoms with E-state index in [1.807, 2.05) is 6.92 Å². The standard InChI is InChI=1S/C8H13N3/c1-3-7(4-2)11-8-9-5-6-10-8/h1,7H,4-6H2,2H3,(H2,9,10,11). The summed E-state index contributed by atoms with van der Waals surface area (Å²) in [6.07, 6.45) is 6.19. The lowest BCUT2D eigenvalue weighted by Gasteiger charge is -2.11. The van der Waals surface area contributed by atoms with Gasteiger partial charge in [-0.2, -0.15) is 0 Å². The highest BCUT2D eigenvalue weighted by Crippen LogP contribution is 1.89. The van der Waals surface area contributed by atoms with Crippen molar-refractivity contribution in [1.29, 1.82) is 0 Å². The van der Waals surface area contributed by atoms with Crippen molar-refractivity contribution in [3.05, 3.63) is 0 Å². The van der Waals surface area contributed by atoms with Gasteiger partial charge in [-0.15, -0.1) is 6.42 Å². The number of nitrogens with zero attached hydrogens (tertiary/aromatic N) is 1. The van der Waals surface area contributed by atoms with Gasteiger partial charge in [0.05, 0.1) is 12.6 Å². The van der Waals surface area contributed by atoms with Crippen LogP contribution in [-0.4, -0.2) is 25.1 Å². The molecule has 0 radical (unpaired) electrons. The van der Waals surface area contributed by atoms with Gasteiger partial charge in [-0.05, 0) is 6.42 Å². The van der Waals surface area contributed by atoms with Crippen LogP contribution in [0.2, 0.25) is 0 Å². The Hall–Kier alpha value is -1.17. The second-order valence-corrected chi connectivity index (χ2v) is 2.43. The van der Waals surface area contributed by atoms with Crippen molar-refractivity contribution >= 4 is 5.96 Å². The molecule has 1 aliphatic heterocycles. The Labute approximate surface area is 67.3 Å². The summed E-state index contributed by atoms with van der Waals surface area (Å²) in [5.41, 5.74) is 0. The van der Waals surface area contributed by atoms with Crippen LogP contribution < -0.4 is 10.6 Å². The number of hydrogen-bond donors (Lipinski definition) is 2. The fraction of sp³-hybridized carbons (Fsp3) is 0.625. The molecule has 0 aromatic carbocycles. The molecule has 0 saturated heterocycles. The molecule has 11 heavy (non-hydrogen) atoms. The van der Waals surface area contributed by atoms with Gasteiger partial charge in [0.15, 0.2) is 5.96 Å². The lowest BCUT2D eigenvalue weighted by Crippen LogP contribution is -2.39. The van der Waals surface area contributed by atoms with E-state index >= 15 is 0 Å². The van der Waals surface area contributed by atoms with Crippen LogP contribution in [0.4, 0.5) is 0 Å². The first-order valence-corrected chi connectivity index (χ1v) is 3.87. The van der Waals surface area contributed by atoms with Crippen LogP contribution in [0.5, 0.6) is 0 Å². The zero-order valence-corrected chi connectivity index (χ0v) is 6.72. The first-order chi connectivity index (χ1) is 5.36. The third-order valence-corrected chi connectivity index (χ3v) is 1.59. The van der Waals surface area contributed by atoms with Gasteiger partial charge in [-0.1, -0.05) is 12.8 Å². The van der Waals surface area contributed by atoms with E-state index in [1.165, 1.54) is 0 Å². The summed E-state index contributed by atoms with van der Waals surface area (Å²) in [7, 11) is 0. The number of hydrogen-bond acceptors (Lipinski definition) is 3. The predicted octanol–water partition coefficient (Wildman–Crippen LogP) is -0.0530. The van der Waals surface area contributed by atoms with Crippen LogP contribution in [0, 0.1) is 12.3 Å². The van der Waals surface area contributed by atoms with Crippen LogP contribution in [0.3, 0.4) is 0 Å². The van der Waals surface area contributed by atoms with Crippen molar-refractivity contribution in [3.8, 4) is 12.3 Å². The maximum atomic E-state index is 5.27. The summed E-state index contributed by atoms with van der Waals surface area (Å²) in [5.74, 6) is 3.49. The van der Waals surface area contributed by atoms with Crippen LogP contribution in [0.1, 0.15) is 13.3 Å². The van der Waals surface area contributed by atoms with Crippen LogP contribution in [0.15, 0.2) is 4.99 Å². The number of rotatable bonds is 2. The minimum absolute atomic E-state index is 0.111. The molecule has 1 rings (SSSR count). The van der Waals surface area contributed by atoms with E-state index in [0.29, 0.717) is 0 Å². The van der Waals surface area contributed by atoms with Gasteiger partial charge in [0.2, 0.25) is 0 Å². The molecule has 1 aliphatic rings. The minimum Gasteiger partial charge on any atom is -0.355 e. The molecule has 1 unspecified atom stereocenters. The predicted molar refractivity (Wildman–Crippen MR) is 46.4 cm³/mol. The number of terminal acetylenes is 1. The molecule has 0 amide bonds. The molecular weight excluding hydrogens is 138 g/mol. The maximum absolute atomic E-state index is 5.27. The zero-order valence-electron chi connectivity index (χ0n) is 6.72. The quantitative estimate of drug-likeness (QED) is 0.543. The van der Waals surface area contributed by atoms with Gasteiger partial charge in [0, 0.05) is 6.54 Å². The molecule has 2 N–H and O–H groups in total. The van der Waals surface area contributed by atoms with Crippen molar-refractivity contribution in [2.24, 2.45) is 4.99 Å². The summed E-state index contributed by atoms with van der Waals surface area (Å²) < 4.78 is 0. The largest absolute Gasteiger partial charge is 0.355 e. The highest BCUT2D eigenvalue weighted by atomic mass is 15.2. The van der Waals surface area contributed by atoms with E-state index < -0.39 is 0 Å². The summed E-state index contributed by atoms with van der Waals surface area (Å²) >= 11 is 0. The molecule has 1 atom stereocenters. The monoisotopic (exact) mass is 151 g/mol. The average Bonchev–Trinajstić information content (AvgIpc) is 2.52. The normalized spacial score (nSPS) is 18.0. The molecule has 0 aromatic rings. The molecule has 0 bridgehead atoms.